The van der Waals surface area contributed by atoms with Gasteiger partial charge in [0.1, 0.15) is 0 Å². The molecule has 3 heterocycles. The third-order valence-electron chi connectivity index (χ3n) is 4.53. The maximum absolute atomic E-state index is 12.5. The SMILES string of the molecule is Cc1cc(C(=O)NCC2(O)CCSC2)c(C)n1Cc1ccccn1. The molecule has 1 fully saturated rings. The Morgan fingerprint density at radius 3 is 2.96 bits per heavy atom. The van der Waals surface area contributed by atoms with Crippen LogP contribution in [0.2, 0.25) is 0 Å². The molecule has 0 aromatic carbocycles. The van der Waals surface area contributed by atoms with Crippen LogP contribution in [0.25, 0.3) is 0 Å². The van der Waals surface area contributed by atoms with Crippen LogP contribution in [0.4, 0.5) is 0 Å². The molecule has 0 spiro atoms. The Morgan fingerprint density at radius 1 is 1.46 bits per heavy atom. The van der Waals surface area contributed by atoms with Gasteiger partial charge in [-0.05, 0) is 44.2 Å². The lowest BCUT2D eigenvalue weighted by Gasteiger charge is -2.21. The van der Waals surface area contributed by atoms with E-state index < -0.39 is 5.60 Å². The fraction of sp³-hybridized carbons (Fsp3) is 0.444. The zero-order valence-electron chi connectivity index (χ0n) is 14.1. The largest absolute Gasteiger partial charge is 0.387 e. The maximum atomic E-state index is 12.5. The van der Waals surface area contributed by atoms with Crippen molar-refractivity contribution in [1.82, 2.24) is 14.9 Å². The molecule has 1 aliphatic heterocycles. The lowest BCUT2D eigenvalue weighted by Crippen LogP contribution is -2.43. The number of carbonyl (C=O) groups excluding carboxylic acids is 1. The molecule has 1 amide bonds. The summed E-state index contributed by atoms with van der Waals surface area (Å²) in [6, 6.07) is 7.74. The Morgan fingerprint density at radius 2 is 2.29 bits per heavy atom. The predicted octanol–water partition coefficient (Wildman–Crippen LogP) is 2.15. The highest BCUT2D eigenvalue weighted by atomic mass is 32.2. The van der Waals surface area contributed by atoms with Crippen LogP contribution in [0, 0.1) is 13.8 Å². The molecule has 1 aliphatic rings. The van der Waals surface area contributed by atoms with Gasteiger partial charge in [-0.25, -0.2) is 0 Å². The van der Waals surface area contributed by atoms with Crippen molar-refractivity contribution in [3.05, 3.63) is 53.1 Å². The van der Waals surface area contributed by atoms with Crippen molar-refractivity contribution >= 4 is 17.7 Å². The summed E-state index contributed by atoms with van der Waals surface area (Å²) >= 11 is 1.73. The molecule has 0 bridgehead atoms. The Labute approximate surface area is 146 Å². The van der Waals surface area contributed by atoms with Crippen LogP contribution >= 0.6 is 11.8 Å². The fourth-order valence-corrected chi connectivity index (χ4v) is 4.30. The van der Waals surface area contributed by atoms with Crippen molar-refractivity contribution in [3.8, 4) is 0 Å². The first-order chi connectivity index (χ1) is 11.5. The van der Waals surface area contributed by atoms with Gasteiger partial charge in [-0.3, -0.25) is 9.78 Å². The van der Waals surface area contributed by atoms with Gasteiger partial charge < -0.3 is 15.0 Å². The van der Waals surface area contributed by atoms with E-state index >= 15 is 0 Å². The van der Waals surface area contributed by atoms with Crippen molar-refractivity contribution in [1.29, 1.82) is 0 Å². The Balaban J connectivity index is 1.72. The van der Waals surface area contributed by atoms with Crippen molar-refractivity contribution in [2.75, 3.05) is 18.1 Å². The van der Waals surface area contributed by atoms with E-state index in [1.54, 1.807) is 18.0 Å². The zero-order valence-corrected chi connectivity index (χ0v) is 14.9. The van der Waals surface area contributed by atoms with E-state index in [1.165, 1.54) is 0 Å². The van der Waals surface area contributed by atoms with Crippen LogP contribution in [0.3, 0.4) is 0 Å². The van der Waals surface area contributed by atoms with Crippen LogP contribution in [-0.4, -0.2) is 44.2 Å². The monoisotopic (exact) mass is 345 g/mol. The highest BCUT2D eigenvalue weighted by Crippen LogP contribution is 2.27. The van der Waals surface area contributed by atoms with Gasteiger partial charge in [0.15, 0.2) is 0 Å². The highest BCUT2D eigenvalue weighted by molar-refractivity contribution is 7.99. The topological polar surface area (TPSA) is 67.2 Å². The smallest absolute Gasteiger partial charge is 0.253 e. The van der Waals surface area contributed by atoms with Crippen molar-refractivity contribution in [3.63, 3.8) is 0 Å². The number of pyridine rings is 1. The lowest BCUT2D eigenvalue weighted by atomic mass is 10.0. The molecule has 24 heavy (non-hydrogen) atoms. The van der Waals surface area contributed by atoms with Gasteiger partial charge in [0.2, 0.25) is 0 Å². The number of hydrogen-bond donors (Lipinski definition) is 2. The summed E-state index contributed by atoms with van der Waals surface area (Å²) in [6.07, 6.45) is 2.51. The van der Waals surface area contributed by atoms with Gasteiger partial charge in [-0.1, -0.05) is 6.07 Å². The van der Waals surface area contributed by atoms with Gasteiger partial charge in [0.25, 0.3) is 5.91 Å². The van der Waals surface area contributed by atoms with Crippen molar-refractivity contribution in [2.24, 2.45) is 0 Å². The molecule has 128 valence electrons. The van der Waals surface area contributed by atoms with Crippen LogP contribution < -0.4 is 5.32 Å². The molecule has 3 rings (SSSR count). The molecule has 0 radical (unpaired) electrons. The quantitative estimate of drug-likeness (QED) is 0.871. The molecule has 5 nitrogen and oxygen atoms in total. The van der Waals surface area contributed by atoms with Crippen LogP contribution in [0.15, 0.2) is 30.5 Å². The number of thioether (sulfide) groups is 1. The van der Waals surface area contributed by atoms with Gasteiger partial charge in [-0.2, -0.15) is 11.8 Å². The summed E-state index contributed by atoms with van der Waals surface area (Å²) in [5.74, 6) is 1.51. The van der Waals surface area contributed by atoms with E-state index in [0.29, 0.717) is 24.4 Å². The van der Waals surface area contributed by atoms with Crippen molar-refractivity contribution in [2.45, 2.75) is 32.4 Å². The number of aromatic nitrogens is 2. The summed E-state index contributed by atoms with van der Waals surface area (Å²) in [7, 11) is 0. The standard InChI is InChI=1S/C18H23N3O2S/c1-13-9-16(17(22)20-11-18(23)6-8-24-12-18)14(2)21(13)10-15-5-3-4-7-19-15/h3-5,7,9,23H,6,8,10-12H2,1-2H3,(H,20,22). The number of aliphatic hydroxyl groups is 1. The van der Waals surface area contributed by atoms with Crippen LogP contribution in [0.5, 0.6) is 0 Å². The molecule has 6 heteroatoms. The van der Waals surface area contributed by atoms with E-state index in [4.69, 9.17) is 0 Å². The summed E-state index contributed by atoms with van der Waals surface area (Å²) in [4.78, 5) is 16.9. The number of nitrogens with one attached hydrogen (secondary N) is 1. The molecule has 2 N–H and O–H groups in total. The minimum Gasteiger partial charge on any atom is -0.387 e. The third kappa shape index (κ3) is 3.65. The summed E-state index contributed by atoms with van der Waals surface area (Å²) in [5, 5.41) is 13.3. The van der Waals surface area contributed by atoms with Crippen LogP contribution in [0.1, 0.15) is 33.9 Å². The number of amides is 1. The lowest BCUT2D eigenvalue weighted by molar-refractivity contribution is 0.0612. The second kappa shape index (κ2) is 6.99. The number of aryl methyl sites for hydroxylation is 1. The van der Waals surface area contributed by atoms with Gasteiger partial charge >= 0.3 is 0 Å². The molecule has 2 aromatic rings. The summed E-state index contributed by atoms with van der Waals surface area (Å²) < 4.78 is 2.09. The Bertz CT molecular complexity index is 721. The third-order valence-corrected chi connectivity index (χ3v) is 5.76. The highest BCUT2D eigenvalue weighted by Gasteiger charge is 2.32. The normalized spacial score (nSPS) is 20.3. The number of rotatable bonds is 5. The minimum atomic E-state index is -0.764. The second-order valence-corrected chi connectivity index (χ2v) is 7.51. The maximum Gasteiger partial charge on any atom is 0.253 e. The molecule has 0 aliphatic carbocycles. The first-order valence-electron chi connectivity index (χ1n) is 8.13. The zero-order chi connectivity index (χ0) is 17.2. The summed E-state index contributed by atoms with van der Waals surface area (Å²) in [6.45, 7) is 4.90. The molecule has 2 aromatic heterocycles. The van der Waals surface area contributed by atoms with Crippen molar-refractivity contribution < 1.29 is 9.90 Å². The molecule has 0 saturated carbocycles. The number of hydrogen-bond acceptors (Lipinski definition) is 4. The molecule has 1 saturated heterocycles. The van der Waals surface area contributed by atoms with Gasteiger partial charge in [0, 0.05) is 29.9 Å². The Hall–Kier alpha value is -1.79. The van der Waals surface area contributed by atoms with E-state index in [2.05, 4.69) is 14.9 Å². The Kier molecular flexibility index (Phi) is 4.96. The minimum absolute atomic E-state index is 0.124. The predicted molar refractivity (Wildman–Crippen MR) is 96.5 cm³/mol. The molecule has 1 unspecified atom stereocenters. The van der Waals surface area contributed by atoms with E-state index in [1.807, 2.05) is 38.1 Å². The number of nitrogens with zero attached hydrogens (tertiary/aromatic N) is 2. The first-order valence-corrected chi connectivity index (χ1v) is 9.29. The van der Waals surface area contributed by atoms with Gasteiger partial charge in [-0.15, -0.1) is 0 Å². The molecular weight excluding hydrogens is 322 g/mol. The van der Waals surface area contributed by atoms with Crippen LogP contribution in [-0.2, 0) is 6.54 Å². The van der Waals surface area contributed by atoms with Gasteiger partial charge in [0.05, 0.1) is 23.4 Å². The first kappa shape index (κ1) is 17.0. The average molecular weight is 345 g/mol. The summed E-state index contributed by atoms with van der Waals surface area (Å²) in [5.41, 5.74) is 2.81. The average Bonchev–Trinajstić information content (AvgIpc) is 3.13. The van der Waals surface area contributed by atoms with E-state index in [-0.39, 0.29) is 5.91 Å². The van der Waals surface area contributed by atoms with E-state index in [9.17, 15) is 9.90 Å². The number of carbonyl (C=O) groups is 1. The fourth-order valence-electron chi connectivity index (χ4n) is 3.00. The molecule has 1 atom stereocenters. The second-order valence-electron chi connectivity index (χ2n) is 6.40. The molecular formula is C18H23N3O2S. The van der Waals surface area contributed by atoms with E-state index in [0.717, 1.165) is 29.3 Å².